The molecule has 1 aromatic rings. The van der Waals surface area contributed by atoms with Gasteiger partial charge >= 0.3 is 12.1 Å². The number of nitrogens with zero attached hydrogens (tertiary/aromatic N) is 3. The summed E-state index contributed by atoms with van der Waals surface area (Å²) in [5.74, 6) is -0.565. The van der Waals surface area contributed by atoms with E-state index in [0.717, 1.165) is 0 Å². The van der Waals surface area contributed by atoms with Crippen molar-refractivity contribution in [2.75, 3.05) is 31.7 Å². The molecule has 0 aromatic carbocycles. The topological polar surface area (TPSA) is 64.5 Å². The fourth-order valence-electron chi connectivity index (χ4n) is 1.55. The molecule has 1 aliphatic rings. The smallest absolute Gasteiger partial charge is 0.445 e. The van der Waals surface area contributed by atoms with Gasteiger partial charge in [0.2, 0.25) is 10.1 Å². The van der Waals surface area contributed by atoms with Gasteiger partial charge in [-0.3, -0.25) is 0 Å². The molecule has 6 nitrogen and oxygen atoms in total. The van der Waals surface area contributed by atoms with E-state index in [1.807, 2.05) is 0 Å². The lowest BCUT2D eigenvalue weighted by Crippen LogP contribution is -2.46. The van der Waals surface area contributed by atoms with Crippen LogP contribution in [0.2, 0.25) is 0 Å². The number of esters is 1. The third kappa shape index (κ3) is 3.13. The van der Waals surface area contributed by atoms with Crippen LogP contribution in [0.25, 0.3) is 0 Å². The van der Waals surface area contributed by atoms with Gasteiger partial charge in [0.1, 0.15) is 0 Å². The van der Waals surface area contributed by atoms with Crippen LogP contribution < -0.4 is 4.90 Å². The summed E-state index contributed by atoms with van der Waals surface area (Å²) in [5, 5.41) is 5.70. The molecular formula is C9H10F3N3O3S. The van der Waals surface area contributed by atoms with E-state index in [2.05, 4.69) is 14.9 Å². The molecule has 0 bridgehead atoms. The van der Waals surface area contributed by atoms with E-state index in [9.17, 15) is 18.0 Å². The van der Waals surface area contributed by atoms with Gasteiger partial charge in [-0.15, -0.1) is 10.2 Å². The van der Waals surface area contributed by atoms with E-state index in [1.54, 1.807) is 0 Å². The van der Waals surface area contributed by atoms with Crippen LogP contribution in [-0.4, -0.2) is 49.1 Å². The molecule has 2 rings (SSSR count). The Bertz CT molecular complexity index is 465. The van der Waals surface area contributed by atoms with E-state index < -0.39 is 23.3 Å². The Morgan fingerprint density at radius 2 is 2.26 bits per heavy atom. The molecule has 0 amide bonds. The van der Waals surface area contributed by atoms with Crippen molar-refractivity contribution in [2.45, 2.75) is 12.3 Å². The van der Waals surface area contributed by atoms with Gasteiger partial charge in [0.05, 0.1) is 20.3 Å². The van der Waals surface area contributed by atoms with Crippen molar-refractivity contribution in [1.29, 1.82) is 0 Å². The lowest BCUT2D eigenvalue weighted by Gasteiger charge is -2.30. The number of methoxy groups -OCH3 is 1. The van der Waals surface area contributed by atoms with Gasteiger partial charge in [-0.1, -0.05) is 11.3 Å². The second-order valence-corrected chi connectivity index (χ2v) is 4.67. The Kier molecular flexibility index (Phi) is 3.90. The minimum Gasteiger partial charge on any atom is -0.467 e. The SMILES string of the molecule is COC(=O)C1CN(c2nnc(C(F)(F)F)s2)CCO1. The van der Waals surface area contributed by atoms with Crippen molar-refractivity contribution in [3.8, 4) is 0 Å². The van der Waals surface area contributed by atoms with Crippen LogP contribution in [0, 0.1) is 0 Å². The highest BCUT2D eigenvalue weighted by molar-refractivity contribution is 7.15. The minimum absolute atomic E-state index is 0.0964. The molecule has 0 radical (unpaired) electrons. The Morgan fingerprint density at radius 1 is 1.53 bits per heavy atom. The second kappa shape index (κ2) is 5.29. The third-order valence-electron chi connectivity index (χ3n) is 2.46. The highest BCUT2D eigenvalue weighted by Crippen LogP contribution is 2.34. The van der Waals surface area contributed by atoms with Gasteiger partial charge in [0.15, 0.2) is 6.10 Å². The number of morpholine rings is 1. The van der Waals surface area contributed by atoms with Crippen LogP contribution in [0.1, 0.15) is 5.01 Å². The zero-order valence-electron chi connectivity index (χ0n) is 9.81. The third-order valence-corrected chi connectivity index (χ3v) is 3.49. The van der Waals surface area contributed by atoms with Gasteiger partial charge in [0, 0.05) is 6.54 Å². The summed E-state index contributed by atoms with van der Waals surface area (Å²) >= 11 is 0.439. The maximum atomic E-state index is 12.4. The normalized spacial score (nSPS) is 20.4. The minimum atomic E-state index is -4.51. The van der Waals surface area contributed by atoms with Crippen molar-refractivity contribution in [3.05, 3.63) is 5.01 Å². The number of alkyl halides is 3. The summed E-state index contributed by atoms with van der Waals surface area (Å²) in [5.41, 5.74) is 0. The van der Waals surface area contributed by atoms with Crippen molar-refractivity contribution in [3.63, 3.8) is 0 Å². The monoisotopic (exact) mass is 297 g/mol. The average molecular weight is 297 g/mol. The number of carbonyl (C=O) groups excluding carboxylic acids is 1. The summed E-state index contributed by atoms with van der Waals surface area (Å²) in [6.45, 7) is 0.653. The maximum absolute atomic E-state index is 12.4. The largest absolute Gasteiger partial charge is 0.467 e. The summed E-state index contributed by atoms with van der Waals surface area (Å²) in [7, 11) is 1.22. The molecule has 0 spiro atoms. The number of rotatable bonds is 2. The summed E-state index contributed by atoms with van der Waals surface area (Å²) < 4.78 is 47.0. The second-order valence-electron chi connectivity index (χ2n) is 3.72. The molecule has 10 heteroatoms. The van der Waals surface area contributed by atoms with Crippen LogP contribution >= 0.6 is 11.3 Å². The van der Waals surface area contributed by atoms with Crippen molar-refractivity contribution in [1.82, 2.24) is 10.2 Å². The zero-order chi connectivity index (χ0) is 14.0. The molecule has 0 saturated carbocycles. The first-order chi connectivity index (χ1) is 8.91. The predicted octanol–water partition coefficient (Wildman–Crippen LogP) is 0.935. The van der Waals surface area contributed by atoms with Crippen LogP contribution in [0.15, 0.2) is 0 Å². The van der Waals surface area contributed by atoms with Crippen LogP contribution in [0.3, 0.4) is 0 Å². The maximum Gasteiger partial charge on any atom is 0.445 e. The predicted molar refractivity (Wildman–Crippen MR) is 58.9 cm³/mol. The molecule has 1 saturated heterocycles. The Labute approximate surface area is 110 Å². The van der Waals surface area contributed by atoms with Gasteiger partial charge in [-0.05, 0) is 0 Å². The van der Waals surface area contributed by atoms with Crippen molar-refractivity contribution >= 4 is 22.4 Å². The number of anilines is 1. The molecule has 1 aliphatic heterocycles. The number of hydrogen-bond donors (Lipinski definition) is 0. The van der Waals surface area contributed by atoms with Crippen LogP contribution in [0.4, 0.5) is 18.3 Å². The Hall–Kier alpha value is -1.42. The van der Waals surface area contributed by atoms with Gasteiger partial charge in [0.25, 0.3) is 0 Å². The first-order valence-electron chi connectivity index (χ1n) is 5.27. The van der Waals surface area contributed by atoms with Gasteiger partial charge in [-0.25, -0.2) is 4.79 Å². The average Bonchev–Trinajstić information content (AvgIpc) is 2.87. The lowest BCUT2D eigenvalue weighted by molar-refractivity contribution is -0.154. The fraction of sp³-hybridized carbons (Fsp3) is 0.667. The molecule has 1 fully saturated rings. The van der Waals surface area contributed by atoms with Crippen LogP contribution in [-0.2, 0) is 20.4 Å². The molecule has 106 valence electrons. The summed E-state index contributed by atoms with van der Waals surface area (Å²) in [4.78, 5) is 12.8. The van der Waals surface area contributed by atoms with E-state index in [1.165, 1.54) is 12.0 Å². The van der Waals surface area contributed by atoms with Gasteiger partial charge < -0.3 is 14.4 Å². The molecular weight excluding hydrogens is 287 g/mol. The quantitative estimate of drug-likeness (QED) is 0.757. The molecule has 1 unspecified atom stereocenters. The van der Waals surface area contributed by atoms with E-state index in [-0.39, 0.29) is 18.3 Å². The highest BCUT2D eigenvalue weighted by Gasteiger charge is 2.37. The molecule has 0 N–H and O–H groups in total. The van der Waals surface area contributed by atoms with Gasteiger partial charge in [-0.2, -0.15) is 13.2 Å². The van der Waals surface area contributed by atoms with E-state index >= 15 is 0 Å². The number of carbonyl (C=O) groups is 1. The zero-order valence-corrected chi connectivity index (χ0v) is 10.6. The van der Waals surface area contributed by atoms with E-state index in [0.29, 0.717) is 17.9 Å². The lowest BCUT2D eigenvalue weighted by atomic mass is 10.3. The molecule has 1 atom stereocenters. The Morgan fingerprint density at radius 3 is 2.84 bits per heavy atom. The summed E-state index contributed by atoms with van der Waals surface area (Å²) in [6.07, 6.45) is -5.33. The molecule has 0 aliphatic carbocycles. The van der Waals surface area contributed by atoms with Crippen molar-refractivity contribution in [2.24, 2.45) is 0 Å². The molecule has 19 heavy (non-hydrogen) atoms. The molecule has 2 heterocycles. The number of hydrogen-bond acceptors (Lipinski definition) is 7. The number of ether oxygens (including phenoxy) is 2. The summed E-state index contributed by atoms with van der Waals surface area (Å²) in [6, 6.07) is 0. The van der Waals surface area contributed by atoms with E-state index in [4.69, 9.17) is 4.74 Å². The van der Waals surface area contributed by atoms with Crippen molar-refractivity contribution < 1.29 is 27.4 Å². The number of aromatic nitrogens is 2. The molecule has 1 aromatic heterocycles. The van der Waals surface area contributed by atoms with Crippen LogP contribution in [0.5, 0.6) is 0 Å². The standard InChI is InChI=1S/C9H10F3N3O3S/c1-17-6(16)5-4-15(2-3-18-5)8-14-13-7(19-8)9(10,11)12/h5H,2-4H2,1H3. The fourth-order valence-corrected chi connectivity index (χ4v) is 2.30. The first kappa shape index (κ1) is 14.0. The highest BCUT2D eigenvalue weighted by atomic mass is 32.1. The first-order valence-corrected chi connectivity index (χ1v) is 6.08. The Balaban J connectivity index is 2.09. The number of halogens is 3.